The fourth-order valence-electron chi connectivity index (χ4n) is 4.74. The van der Waals surface area contributed by atoms with Gasteiger partial charge in [-0.25, -0.2) is 4.98 Å². The molecule has 4 aromatic rings. The number of carbonyl (C=O) groups is 1. The average molecular weight is 473 g/mol. The molecule has 0 unspecified atom stereocenters. The normalized spacial score (nSPS) is 15.4. The van der Waals surface area contributed by atoms with Gasteiger partial charge >= 0.3 is 0 Å². The molecule has 5 rings (SSSR count). The predicted molar refractivity (Wildman–Crippen MR) is 132 cm³/mol. The molecule has 180 valence electrons. The summed E-state index contributed by atoms with van der Waals surface area (Å²) < 4.78 is 3.07. The van der Waals surface area contributed by atoms with Crippen molar-refractivity contribution in [1.82, 2.24) is 29.2 Å². The summed E-state index contributed by atoms with van der Waals surface area (Å²) in [6.45, 7) is 1.04. The van der Waals surface area contributed by atoms with Crippen molar-refractivity contribution in [1.29, 1.82) is 0 Å². The highest BCUT2D eigenvalue weighted by Crippen LogP contribution is 2.26. The van der Waals surface area contributed by atoms with E-state index in [0.29, 0.717) is 44.3 Å². The second-order valence-electron chi connectivity index (χ2n) is 9.17. The van der Waals surface area contributed by atoms with Gasteiger partial charge in [0.1, 0.15) is 5.52 Å². The number of amides is 1. The number of aryl methyl sites for hydroxylation is 2. The Hall–Kier alpha value is -3.85. The molecular weight excluding hydrogens is 444 g/mol. The Balaban J connectivity index is 1.27. The van der Waals surface area contributed by atoms with Gasteiger partial charge in [0.25, 0.3) is 5.56 Å². The van der Waals surface area contributed by atoms with Crippen LogP contribution in [0.1, 0.15) is 24.8 Å². The molecule has 4 heterocycles. The Bertz CT molecular complexity index is 1390. The first-order chi connectivity index (χ1) is 16.9. The van der Waals surface area contributed by atoms with Crippen LogP contribution in [-0.2, 0) is 24.8 Å². The predicted octanol–water partition coefficient (Wildman–Crippen LogP) is 2.18. The molecule has 0 atom stereocenters. The van der Waals surface area contributed by atoms with E-state index >= 15 is 0 Å². The zero-order chi connectivity index (χ0) is 24.4. The van der Waals surface area contributed by atoms with Crippen molar-refractivity contribution in [3.05, 3.63) is 77.1 Å². The first-order valence-corrected chi connectivity index (χ1v) is 11.8. The van der Waals surface area contributed by atoms with E-state index in [1.165, 1.54) is 10.9 Å². The van der Waals surface area contributed by atoms with Gasteiger partial charge in [-0.05, 0) is 37.0 Å². The molecule has 0 spiro atoms. The van der Waals surface area contributed by atoms with Crippen molar-refractivity contribution in [2.45, 2.75) is 37.8 Å². The van der Waals surface area contributed by atoms with E-state index in [0.717, 1.165) is 16.8 Å². The van der Waals surface area contributed by atoms with E-state index in [2.05, 4.69) is 15.1 Å². The minimum Gasteiger partial charge on any atom is -0.388 e. The van der Waals surface area contributed by atoms with E-state index in [9.17, 15) is 14.7 Å². The number of hydrogen-bond donors (Lipinski definition) is 1. The molecule has 1 amide bonds. The molecule has 1 N–H and O–H groups in total. The number of fused-ring (bicyclic) bond motifs is 1. The summed E-state index contributed by atoms with van der Waals surface area (Å²) in [5.41, 5.74) is 2.16. The van der Waals surface area contributed by atoms with E-state index in [-0.39, 0.29) is 23.5 Å². The summed E-state index contributed by atoms with van der Waals surface area (Å²) >= 11 is 0. The number of pyridine rings is 1. The molecule has 1 fully saturated rings. The molecule has 1 saturated heterocycles. The largest absolute Gasteiger partial charge is 0.388 e. The van der Waals surface area contributed by atoms with E-state index < -0.39 is 5.60 Å². The summed E-state index contributed by atoms with van der Waals surface area (Å²) in [4.78, 5) is 36.2. The third-order valence-corrected chi connectivity index (χ3v) is 6.75. The highest BCUT2D eigenvalue weighted by atomic mass is 16.3. The zero-order valence-electron chi connectivity index (χ0n) is 19.7. The van der Waals surface area contributed by atoms with Crippen LogP contribution in [0.15, 0.2) is 66.0 Å². The monoisotopic (exact) mass is 472 g/mol. The van der Waals surface area contributed by atoms with Crippen LogP contribution in [0.5, 0.6) is 0 Å². The third-order valence-electron chi connectivity index (χ3n) is 6.75. The molecule has 3 aromatic heterocycles. The van der Waals surface area contributed by atoms with Crippen molar-refractivity contribution < 1.29 is 9.90 Å². The van der Waals surface area contributed by atoms with Gasteiger partial charge in [-0.2, -0.15) is 5.10 Å². The van der Waals surface area contributed by atoms with Gasteiger partial charge < -0.3 is 10.0 Å². The molecule has 9 heteroatoms. The number of likely N-dealkylation sites (tertiary alicyclic amines) is 1. The van der Waals surface area contributed by atoms with E-state index in [1.54, 1.807) is 29.0 Å². The Morgan fingerprint density at radius 1 is 1.06 bits per heavy atom. The Labute approximate surface area is 202 Å². The van der Waals surface area contributed by atoms with Gasteiger partial charge in [0, 0.05) is 44.5 Å². The minimum absolute atomic E-state index is 0.0910. The smallest absolute Gasteiger partial charge is 0.281 e. The number of aliphatic hydroxyl groups is 1. The molecule has 0 bridgehead atoms. The van der Waals surface area contributed by atoms with E-state index in [4.69, 9.17) is 0 Å². The molecule has 0 radical (unpaired) electrons. The van der Waals surface area contributed by atoms with Gasteiger partial charge in [-0.3, -0.25) is 23.8 Å². The number of aromatic nitrogens is 5. The highest BCUT2D eigenvalue weighted by molar-refractivity contribution is 5.89. The molecule has 1 aromatic carbocycles. The Kier molecular flexibility index (Phi) is 6.17. The molecule has 0 saturated carbocycles. The first kappa shape index (κ1) is 22.9. The van der Waals surface area contributed by atoms with Crippen LogP contribution < -0.4 is 5.56 Å². The maximum Gasteiger partial charge on any atom is 0.281 e. The van der Waals surface area contributed by atoms with Crippen molar-refractivity contribution in [3.63, 3.8) is 0 Å². The van der Waals surface area contributed by atoms with E-state index in [1.807, 2.05) is 42.5 Å². The van der Waals surface area contributed by atoms with Crippen LogP contribution in [-0.4, -0.2) is 58.9 Å². The molecule has 35 heavy (non-hydrogen) atoms. The van der Waals surface area contributed by atoms with Crippen LogP contribution >= 0.6 is 0 Å². The van der Waals surface area contributed by atoms with Gasteiger partial charge in [0.2, 0.25) is 5.91 Å². The lowest BCUT2D eigenvalue weighted by atomic mass is 9.91. The van der Waals surface area contributed by atoms with Crippen molar-refractivity contribution in [2.75, 3.05) is 13.1 Å². The fourth-order valence-corrected chi connectivity index (χ4v) is 4.74. The average Bonchev–Trinajstić information content (AvgIpc) is 3.22. The van der Waals surface area contributed by atoms with Crippen LogP contribution in [0.4, 0.5) is 0 Å². The number of hydrogen-bond acceptors (Lipinski definition) is 6. The summed E-state index contributed by atoms with van der Waals surface area (Å²) in [6.07, 6.45) is 6.80. The van der Waals surface area contributed by atoms with Gasteiger partial charge in [0.15, 0.2) is 5.52 Å². The highest BCUT2D eigenvalue weighted by Gasteiger charge is 2.34. The van der Waals surface area contributed by atoms with Crippen LogP contribution in [0.3, 0.4) is 0 Å². The summed E-state index contributed by atoms with van der Waals surface area (Å²) in [5.74, 6) is 0.0910. The summed E-state index contributed by atoms with van der Waals surface area (Å²) in [6, 6.07) is 13.6. The van der Waals surface area contributed by atoms with Crippen molar-refractivity contribution >= 4 is 16.9 Å². The molecule has 0 aliphatic carbocycles. The van der Waals surface area contributed by atoms with Crippen LogP contribution in [0, 0.1) is 0 Å². The molecule has 1 aliphatic heterocycles. The van der Waals surface area contributed by atoms with Gasteiger partial charge in [-0.1, -0.05) is 30.3 Å². The third kappa shape index (κ3) is 4.72. The maximum absolute atomic E-state index is 13.2. The van der Waals surface area contributed by atoms with Gasteiger partial charge in [-0.15, -0.1) is 0 Å². The Morgan fingerprint density at radius 3 is 2.49 bits per heavy atom. The lowest BCUT2D eigenvalue weighted by Gasteiger charge is -2.38. The zero-order valence-corrected chi connectivity index (χ0v) is 19.7. The van der Waals surface area contributed by atoms with Crippen molar-refractivity contribution in [2.24, 2.45) is 7.05 Å². The standard InChI is InChI=1S/C26H28N6O3/c1-30-24(20-9-13-27-14-10-20)22-23(29-30)25(34)32(18-28-22)17-26(35)11-15-31(16-12-26)21(33)8-7-19-5-3-2-4-6-19/h2-6,9-10,13-14,18,35H,7-8,11-12,15-17H2,1H3. The minimum atomic E-state index is -1.09. The Morgan fingerprint density at radius 2 is 1.77 bits per heavy atom. The van der Waals surface area contributed by atoms with Crippen molar-refractivity contribution in [3.8, 4) is 11.3 Å². The number of benzene rings is 1. The quantitative estimate of drug-likeness (QED) is 0.461. The first-order valence-electron chi connectivity index (χ1n) is 11.8. The topological polar surface area (TPSA) is 106 Å². The molecule has 9 nitrogen and oxygen atoms in total. The van der Waals surface area contributed by atoms with Crippen LogP contribution in [0.25, 0.3) is 22.3 Å². The number of carbonyl (C=O) groups excluding carboxylic acids is 1. The second kappa shape index (κ2) is 9.42. The second-order valence-corrected chi connectivity index (χ2v) is 9.17. The van der Waals surface area contributed by atoms with Crippen LogP contribution in [0.2, 0.25) is 0 Å². The molecule has 1 aliphatic rings. The number of piperidine rings is 1. The maximum atomic E-state index is 13.2. The number of rotatable bonds is 6. The molecular formula is C26H28N6O3. The summed E-state index contributed by atoms with van der Waals surface area (Å²) in [5, 5.41) is 15.6. The summed E-state index contributed by atoms with van der Waals surface area (Å²) in [7, 11) is 1.78. The fraction of sp³-hybridized carbons (Fsp3) is 0.346. The lowest BCUT2D eigenvalue weighted by Crippen LogP contribution is -2.49. The SMILES string of the molecule is Cn1nc2c(=O)n(CC3(O)CCN(C(=O)CCc4ccccc4)CC3)cnc2c1-c1ccncc1. The lowest BCUT2D eigenvalue weighted by molar-refractivity contribution is -0.135. The van der Waals surface area contributed by atoms with Gasteiger partial charge in [0.05, 0.1) is 24.2 Å². The number of nitrogens with zero attached hydrogens (tertiary/aromatic N) is 6.